The van der Waals surface area contributed by atoms with Crippen LogP contribution in [0.2, 0.25) is 0 Å². The van der Waals surface area contributed by atoms with Crippen molar-refractivity contribution in [3.05, 3.63) is 28.2 Å². The first-order valence-electron chi connectivity index (χ1n) is 6.16. The Bertz CT molecular complexity index is 571. The van der Waals surface area contributed by atoms with Gasteiger partial charge >= 0.3 is 0 Å². The minimum atomic E-state index is -3.64. The number of aliphatic hydroxyl groups is 1. The molecule has 0 aliphatic rings. The van der Waals surface area contributed by atoms with Crippen molar-refractivity contribution < 1.29 is 13.5 Å². The van der Waals surface area contributed by atoms with Gasteiger partial charge in [0.1, 0.15) is 0 Å². The molecule has 0 saturated heterocycles. The van der Waals surface area contributed by atoms with Crippen molar-refractivity contribution in [3.63, 3.8) is 0 Å². The SMILES string of the molecule is Cc1ccc(Br)cc1S(=O)(=O)NCC(C)(O)CN(C)C. The summed E-state index contributed by atoms with van der Waals surface area (Å²) >= 11 is 3.26. The lowest BCUT2D eigenvalue weighted by atomic mass is 10.1. The normalized spacial score (nSPS) is 15.3. The molecule has 0 bridgehead atoms. The number of benzene rings is 1. The van der Waals surface area contributed by atoms with Gasteiger partial charge in [-0.15, -0.1) is 0 Å². The Balaban J connectivity index is 2.88. The van der Waals surface area contributed by atoms with E-state index < -0.39 is 15.6 Å². The largest absolute Gasteiger partial charge is 0.387 e. The third-order valence-electron chi connectivity index (χ3n) is 2.74. The summed E-state index contributed by atoms with van der Waals surface area (Å²) in [7, 11) is 0.000764. The summed E-state index contributed by atoms with van der Waals surface area (Å²) in [6.45, 7) is 3.66. The fourth-order valence-corrected chi connectivity index (χ4v) is 3.87. The Morgan fingerprint density at radius 1 is 1.40 bits per heavy atom. The Hall–Kier alpha value is -0.470. The summed E-state index contributed by atoms with van der Waals surface area (Å²) in [5, 5.41) is 10.1. The highest BCUT2D eigenvalue weighted by Gasteiger charge is 2.25. The number of hydrogen-bond acceptors (Lipinski definition) is 4. The maximum atomic E-state index is 12.3. The molecule has 0 aromatic heterocycles. The van der Waals surface area contributed by atoms with E-state index in [0.29, 0.717) is 16.6 Å². The predicted molar refractivity (Wildman–Crippen MR) is 83.2 cm³/mol. The minimum absolute atomic E-state index is 0.0422. The van der Waals surface area contributed by atoms with Gasteiger partial charge in [0.05, 0.1) is 10.5 Å². The average molecular weight is 365 g/mol. The van der Waals surface area contributed by atoms with Crippen LogP contribution in [0.15, 0.2) is 27.6 Å². The molecule has 20 heavy (non-hydrogen) atoms. The van der Waals surface area contributed by atoms with Gasteiger partial charge in [0.15, 0.2) is 0 Å². The van der Waals surface area contributed by atoms with Gasteiger partial charge in [0.25, 0.3) is 0 Å². The van der Waals surface area contributed by atoms with Gasteiger partial charge in [-0.1, -0.05) is 22.0 Å². The molecule has 1 unspecified atom stereocenters. The van der Waals surface area contributed by atoms with E-state index in [4.69, 9.17) is 0 Å². The second kappa shape index (κ2) is 6.53. The van der Waals surface area contributed by atoms with E-state index in [0.717, 1.165) is 0 Å². The number of rotatable bonds is 6. The number of sulfonamides is 1. The van der Waals surface area contributed by atoms with E-state index in [2.05, 4.69) is 20.7 Å². The highest BCUT2D eigenvalue weighted by molar-refractivity contribution is 9.10. The van der Waals surface area contributed by atoms with Gasteiger partial charge in [0, 0.05) is 17.6 Å². The van der Waals surface area contributed by atoms with Crippen molar-refractivity contribution in [2.24, 2.45) is 0 Å². The van der Waals surface area contributed by atoms with E-state index in [1.165, 1.54) is 0 Å². The topological polar surface area (TPSA) is 69.6 Å². The van der Waals surface area contributed by atoms with Crippen molar-refractivity contribution in [3.8, 4) is 0 Å². The molecule has 0 radical (unpaired) electrons. The third kappa shape index (κ3) is 5.14. The Morgan fingerprint density at radius 3 is 2.55 bits per heavy atom. The zero-order valence-corrected chi connectivity index (χ0v) is 14.5. The Morgan fingerprint density at radius 2 is 2.00 bits per heavy atom. The van der Waals surface area contributed by atoms with Crippen LogP contribution in [0.3, 0.4) is 0 Å². The molecule has 1 atom stereocenters. The summed E-state index contributed by atoms with van der Waals surface area (Å²) < 4.78 is 27.7. The van der Waals surface area contributed by atoms with Gasteiger partial charge in [-0.25, -0.2) is 13.1 Å². The molecule has 5 nitrogen and oxygen atoms in total. The van der Waals surface area contributed by atoms with E-state index in [1.807, 2.05) is 14.1 Å². The summed E-state index contributed by atoms with van der Waals surface area (Å²) in [5.41, 5.74) is -0.468. The van der Waals surface area contributed by atoms with Crippen molar-refractivity contribution in [2.75, 3.05) is 27.2 Å². The van der Waals surface area contributed by atoms with Crippen LogP contribution >= 0.6 is 15.9 Å². The van der Waals surface area contributed by atoms with Gasteiger partial charge in [0.2, 0.25) is 10.0 Å². The summed E-state index contributed by atoms with van der Waals surface area (Å²) in [5.74, 6) is 0. The standard InChI is InChI=1S/C13H21BrN2O3S/c1-10-5-6-11(14)7-12(10)20(18,19)15-8-13(2,17)9-16(3)4/h5-7,15,17H,8-9H2,1-4H3. The molecule has 0 fully saturated rings. The summed E-state index contributed by atoms with van der Waals surface area (Å²) in [4.78, 5) is 2.02. The van der Waals surface area contributed by atoms with E-state index in [1.54, 1.807) is 36.9 Å². The Labute approximate surface area is 129 Å². The maximum absolute atomic E-state index is 12.3. The van der Waals surface area contributed by atoms with Gasteiger partial charge in [-0.3, -0.25) is 0 Å². The molecule has 1 rings (SSSR count). The molecular weight excluding hydrogens is 344 g/mol. The fourth-order valence-electron chi connectivity index (χ4n) is 1.93. The fraction of sp³-hybridized carbons (Fsp3) is 0.538. The molecular formula is C13H21BrN2O3S. The monoisotopic (exact) mass is 364 g/mol. The lowest BCUT2D eigenvalue weighted by Gasteiger charge is -2.27. The molecule has 7 heteroatoms. The molecule has 0 spiro atoms. The van der Waals surface area contributed by atoms with Crippen LogP contribution in [0, 0.1) is 6.92 Å². The maximum Gasteiger partial charge on any atom is 0.240 e. The van der Waals surface area contributed by atoms with Crippen molar-refractivity contribution in [2.45, 2.75) is 24.3 Å². The first-order valence-corrected chi connectivity index (χ1v) is 8.44. The van der Waals surface area contributed by atoms with Crippen LogP contribution in [0.25, 0.3) is 0 Å². The minimum Gasteiger partial charge on any atom is -0.387 e. The van der Waals surface area contributed by atoms with E-state index >= 15 is 0 Å². The highest BCUT2D eigenvalue weighted by atomic mass is 79.9. The molecule has 114 valence electrons. The van der Waals surface area contributed by atoms with E-state index in [9.17, 15) is 13.5 Å². The number of nitrogens with one attached hydrogen (secondary N) is 1. The summed E-state index contributed by atoms with van der Waals surface area (Å²) in [6, 6.07) is 5.07. The van der Waals surface area contributed by atoms with Gasteiger partial charge in [-0.05, 0) is 45.6 Å². The van der Waals surface area contributed by atoms with Crippen LogP contribution in [-0.2, 0) is 10.0 Å². The molecule has 1 aromatic rings. The molecule has 0 aliphatic heterocycles. The second-order valence-electron chi connectivity index (χ2n) is 5.47. The first kappa shape index (κ1) is 17.6. The molecule has 0 amide bonds. The van der Waals surface area contributed by atoms with Crippen molar-refractivity contribution in [1.29, 1.82) is 0 Å². The van der Waals surface area contributed by atoms with Crippen molar-refractivity contribution >= 4 is 26.0 Å². The number of hydrogen-bond donors (Lipinski definition) is 2. The molecule has 0 heterocycles. The number of likely N-dealkylation sites (N-methyl/N-ethyl adjacent to an activating group) is 1. The van der Waals surface area contributed by atoms with Crippen LogP contribution in [0.4, 0.5) is 0 Å². The van der Waals surface area contributed by atoms with E-state index in [-0.39, 0.29) is 11.4 Å². The van der Waals surface area contributed by atoms with Crippen LogP contribution in [0.5, 0.6) is 0 Å². The average Bonchev–Trinajstić information content (AvgIpc) is 2.28. The van der Waals surface area contributed by atoms with Crippen molar-refractivity contribution in [1.82, 2.24) is 9.62 Å². The lowest BCUT2D eigenvalue weighted by molar-refractivity contribution is 0.0386. The zero-order valence-electron chi connectivity index (χ0n) is 12.1. The number of halogens is 1. The van der Waals surface area contributed by atoms with Crippen LogP contribution < -0.4 is 4.72 Å². The quantitative estimate of drug-likeness (QED) is 0.799. The zero-order chi connectivity index (χ0) is 15.6. The molecule has 1 aromatic carbocycles. The first-order chi connectivity index (χ1) is 9.03. The lowest BCUT2D eigenvalue weighted by Crippen LogP contribution is -2.47. The second-order valence-corrected chi connectivity index (χ2v) is 8.12. The Kier molecular flexibility index (Phi) is 5.74. The summed E-state index contributed by atoms with van der Waals surface area (Å²) in [6.07, 6.45) is 0. The van der Waals surface area contributed by atoms with Crippen LogP contribution in [0.1, 0.15) is 12.5 Å². The molecule has 2 N–H and O–H groups in total. The van der Waals surface area contributed by atoms with Gasteiger partial charge in [-0.2, -0.15) is 0 Å². The van der Waals surface area contributed by atoms with Crippen LogP contribution in [-0.4, -0.2) is 51.2 Å². The van der Waals surface area contributed by atoms with Gasteiger partial charge < -0.3 is 10.0 Å². The highest BCUT2D eigenvalue weighted by Crippen LogP contribution is 2.20. The third-order valence-corrected chi connectivity index (χ3v) is 4.78. The molecule has 0 aliphatic carbocycles. The number of nitrogens with zero attached hydrogens (tertiary/aromatic N) is 1. The molecule has 0 saturated carbocycles. The predicted octanol–water partition coefficient (Wildman–Crippen LogP) is 1.35. The smallest absolute Gasteiger partial charge is 0.240 e. The number of aryl methyl sites for hydroxylation is 1.